The standard InChI is InChI=1S/C8H9FNO2P.C2H6/c1-10(13)8(11)12-7-4-2-6(9)3-5-7;1-2/h2-5H,13H2,1H3;1-2H3. The molecule has 0 aliphatic heterocycles. The van der Waals surface area contributed by atoms with Crippen LogP contribution in [0.1, 0.15) is 13.8 Å². The normalized spacial score (nSPS) is 8.60. The lowest BCUT2D eigenvalue weighted by Gasteiger charge is -2.09. The average Bonchev–Trinajstić information content (AvgIpc) is 2.24. The Balaban J connectivity index is 0.000000921. The van der Waals surface area contributed by atoms with Crippen LogP contribution < -0.4 is 4.74 Å². The van der Waals surface area contributed by atoms with Crippen LogP contribution in [0.5, 0.6) is 5.75 Å². The van der Waals surface area contributed by atoms with Gasteiger partial charge in [0.25, 0.3) is 0 Å². The summed E-state index contributed by atoms with van der Waals surface area (Å²) in [6.07, 6.45) is -0.517. The number of carbonyl (C=O) groups is 1. The lowest BCUT2D eigenvalue weighted by atomic mass is 10.3. The van der Waals surface area contributed by atoms with Gasteiger partial charge < -0.3 is 4.74 Å². The van der Waals surface area contributed by atoms with E-state index in [1.807, 2.05) is 13.8 Å². The van der Waals surface area contributed by atoms with E-state index in [0.717, 1.165) is 0 Å². The number of hydrogen-bond donors (Lipinski definition) is 0. The van der Waals surface area contributed by atoms with Gasteiger partial charge in [0.2, 0.25) is 0 Å². The molecular weight excluding hydrogens is 216 g/mol. The van der Waals surface area contributed by atoms with E-state index in [2.05, 4.69) is 9.39 Å². The van der Waals surface area contributed by atoms with Gasteiger partial charge in [-0.3, -0.25) is 4.67 Å². The summed E-state index contributed by atoms with van der Waals surface area (Å²) >= 11 is 0. The number of ether oxygens (including phenoxy) is 1. The van der Waals surface area contributed by atoms with Crippen LogP contribution >= 0.6 is 9.39 Å². The molecule has 0 radical (unpaired) electrons. The van der Waals surface area contributed by atoms with E-state index in [4.69, 9.17) is 4.74 Å². The molecule has 15 heavy (non-hydrogen) atoms. The molecule has 1 atom stereocenters. The number of benzene rings is 1. The van der Waals surface area contributed by atoms with Gasteiger partial charge in [-0.15, -0.1) is 0 Å². The second-order valence-electron chi connectivity index (χ2n) is 2.43. The third-order valence-corrected chi connectivity index (χ3v) is 1.52. The maximum Gasteiger partial charge on any atom is 0.417 e. The molecule has 0 heterocycles. The highest BCUT2D eigenvalue weighted by atomic mass is 31.0. The second kappa shape index (κ2) is 7.18. The number of rotatable bonds is 1. The topological polar surface area (TPSA) is 29.5 Å². The molecule has 0 bridgehead atoms. The number of nitrogens with zero attached hydrogens (tertiary/aromatic N) is 1. The van der Waals surface area contributed by atoms with Gasteiger partial charge in [0, 0.05) is 7.05 Å². The smallest absolute Gasteiger partial charge is 0.410 e. The number of carbonyl (C=O) groups excluding carboxylic acids is 1. The van der Waals surface area contributed by atoms with Crippen LogP contribution in [0.15, 0.2) is 24.3 Å². The van der Waals surface area contributed by atoms with Crippen molar-refractivity contribution in [2.24, 2.45) is 0 Å². The Labute approximate surface area is 91.5 Å². The SMILES string of the molecule is CC.CN(P)C(=O)Oc1ccc(F)cc1. The highest BCUT2D eigenvalue weighted by Gasteiger charge is 2.05. The molecule has 1 rings (SSSR count). The van der Waals surface area contributed by atoms with E-state index >= 15 is 0 Å². The predicted molar refractivity (Wildman–Crippen MR) is 61.2 cm³/mol. The first-order valence-electron chi connectivity index (χ1n) is 4.55. The lowest BCUT2D eigenvalue weighted by Crippen LogP contribution is -2.19. The van der Waals surface area contributed by atoms with Crippen LogP contribution in [0.2, 0.25) is 0 Å². The fourth-order valence-electron chi connectivity index (χ4n) is 0.675. The van der Waals surface area contributed by atoms with Gasteiger partial charge in [-0.2, -0.15) is 0 Å². The Morgan fingerprint density at radius 3 is 2.20 bits per heavy atom. The number of amides is 1. The maximum absolute atomic E-state index is 12.4. The van der Waals surface area contributed by atoms with E-state index in [0.29, 0.717) is 5.75 Å². The average molecular weight is 231 g/mol. The van der Waals surface area contributed by atoms with E-state index in [9.17, 15) is 9.18 Å². The van der Waals surface area contributed by atoms with Gasteiger partial charge in [-0.05, 0) is 33.7 Å². The molecule has 1 aromatic carbocycles. The molecule has 0 aromatic heterocycles. The van der Waals surface area contributed by atoms with Crippen LogP contribution in [0.4, 0.5) is 9.18 Å². The highest BCUT2D eigenvalue weighted by molar-refractivity contribution is 7.14. The first-order chi connectivity index (χ1) is 7.09. The minimum absolute atomic E-state index is 0.320. The Morgan fingerprint density at radius 1 is 1.33 bits per heavy atom. The van der Waals surface area contributed by atoms with Gasteiger partial charge in [-0.25, -0.2) is 9.18 Å². The van der Waals surface area contributed by atoms with E-state index < -0.39 is 6.09 Å². The lowest BCUT2D eigenvalue weighted by molar-refractivity contribution is 0.187. The van der Waals surface area contributed by atoms with Crippen molar-refractivity contribution >= 4 is 15.5 Å². The van der Waals surface area contributed by atoms with Crippen LogP contribution in [-0.4, -0.2) is 17.8 Å². The summed E-state index contributed by atoms with van der Waals surface area (Å²) in [5.41, 5.74) is 0. The van der Waals surface area contributed by atoms with Crippen LogP contribution in [0.25, 0.3) is 0 Å². The third kappa shape index (κ3) is 5.33. The van der Waals surface area contributed by atoms with Gasteiger partial charge in [0.1, 0.15) is 11.6 Å². The fraction of sp³-hybridized carbons (Fsp3) is 0.300. The fourth-order valence-corrected chi connectivity index (χ4v) is 0.728. The summed E-state index contributed by atoms with van der Waals surface area (Å²) in [7, 11) is 3.70. The minimum atomic E-state index is -0.517. The summed E-state index contributed by atoms with van der Waals surface area (Å²) in [5, 5.41) is 0. The van der Waals surface area contributed by atoms with Gasteiger partial charge in [-0.1, -0.05) is 13.8 Å². The molecule has 0 aliphatic carbocycles. The van der Waals surface area contributed by atoms with Crippen LogP contribution in [0.3, 0.4) is 0 Å². The zero-order valence-corrected chi connectivity index (χ0v) is 10.2. The molecule has 1 aromatic rings. The zero-order valence-electron chi connectivity index (χ0n) is 9.03. The van der Waals surface area contributed by atoms with Crippen molar-refractivity contribution < 1.29 is 13.9 Å². The zero-order chi connectivity index (χ0) is 11.8. The quantitative estimate of drug-likeness (QED) is 0.695. The highest BCUT2D eigenvalue weighted by Crippen LogP contribution is 2.12. The Hall–Kier alpha value is -1.15. The van der Waals surface area contributed by atoms with E-state index in [1.54, 1.807) is 0 Å². The summed E-state index contributed by atoms with van der Waals surface area (Å²) in [6, 6.07) is 5.24. The van der Waals surface area contributed by atoms with Gasteiger partial charge in [0.15, 0.2) is 0 Å². The molecule has 1 unspecified atom stereocenters. The third-order valence-electron chi connectivity index (χ3n) is 1.31. The van der Waals surface area contributed by atoms with Crippen LogP contribution in [-0.2, 0) is 0 Å². The van der Waals surface area contributed by atoms with Crippen molar-refractivity contribution in [3.05, 3.63) is 30.1 Å². The monoisotopic (exact) mass is 231 g/mol. The van der Waals surface area contributed by atoms with E-state index in [1.165, 1.54) is 36.0 Å². The van der Waals surface area contributed by atoms with Crippen molar-refractivity contribution in [1.82, 2.24) is 4.67 Å². The van der Waals surface area contributed by atoms with Crippen molar-refractivity contribution in [1.29, 1.82) is 0 Å². The Morgan fingerprint density at radius 2 is 1.80 bits per heavy atom. The molecule has 1 amide bonds. The molecule has 3 nitrogen and oxygen atoms in total. The number of halogens is 1. The molecular formula is C10H15FNO2P. The van der Waals surface area contributed by atoms with Crippen molar-refractivity contribution in [2.75, 3.05) is 7.05 Å². The molecule has 0 spiro atoms. The molecule has 0 N–H and O–H groups in total. The number of hydrogen-bond acceptors (Lipinski definition) is 2. The maximum atomic E-state index is 12.4. The Kier molecular flexibility index (Phi) is 6.63. The van der Waals surface area contributed by atoms with Gasteiger partial charge in [0.05, 0.1) is 0 Å². The van der Waals surface area contributed by atoms with E-state index in [-0.39, 0.29) is 5.82 Å². The predicted octanol–water partition coefficient (Wildman–Crippen LogP) is 3.07. The first-order valence-corrected chi connectivity index (χ1v) is 5.07. The van der Waals surface area contributed by atoms with Crippen LogP contribution in [0, 0.1) is 5.82 Å². The molecule has 0 saturated heterocycles. The summed E-state index contributed by atoms with van der Waals surface area (Å²) < 4.78 is 18.5. The Bertz CT molecular complexity index is 301. The minimum Gasteiger partial charge on any atom is -0.410 e. The molecule has 0 fully saturated rings. The molecule has 0 aliphatic rings. The molecule has 5 heteroatoms. The van der Waals surface area contributed by atoms with Gasteiger partial charge >= 0.3 is 6.09 Å². The van der Waals surface area contributed by atoms with Crippen molar-refractivity contribution in [2.45, 2.75) is 13.8 Å². The largest absolute Gasteiger partial charge is 0.417 e. The molecule has 84 valence electrons. The summed E-state index contributed by atoms with van der Waals surface area (Å²) in [6.45, 7) is 4.00. The molecule has 0 saturated carbocycles. The van der Waals surface area contributed by atoms with Crippen molar-refractivity contribution in [3.63, 3.8) is 0 Å². The summed E-state index contributed by atoms with van der Waals surface area (Å²) in [5.74, 6) is -0.0419. The second-order valence-corrected chi connectivity index (χ2v) is 3.21. The van der Waals surface area contributed by atoms with Crippen molar-refractivity contribution in [3.8, 4) is 5.75 Å². The summed E-state index contributed by atoms with van der Waals surface area (Å²) in [4.78, 5) is 11.0. The first kappa shape index (κ1) is 13.8.